The van der Waals surface area contributed by atoms with Crippen LogP contribution in [0.1, 0.15) is 32.6 Å². The molecule has 0 spiro atoms. The first-order valence-electron chi connectivity index (χ1n) is 5.75. The highest BCUT2D eigenvalue weighted by Gasteiger charge is 2.47. The number of carbonyl (C=O) groups excluding carboxylic acids is 1. The van der Waals surface area contributed by atoms with E-state index in [2.05, 4.69) is 12.2 Å². The van der Waals surface area contributed by atoms with Gasteiger partial charge < -0.3 is 11.1 Å². The zero-order valence-electron chi connectivity index (χ0n) is 8.83. The summed E-state index contributed by atoms with van der Waals surface area (Å²) in [7, 11) is 0. The quantitative estimate of drug-likeness (QED) is 0.704. The van der Waals surface area contributed by atoms with Crippen LogP contribution in [0.25, 0.3) is 0 Å². The van der Waals surface area contributed by atoms with E-state index in [9.17, 15) is 4.79 Å². The van der Waals surface area contributed by atoms with Gasteiger partial charge in [-0.1, -0.05) is 6.92 Å². The third-order valence-corrected chi connectivity index (χ3v) is 3.79. The average Bonchev–Trinajstić information content (AvgIpc) is 2.52. The van der Waals surface area contributed by atoms with Crippen LogP contribution in [0.3, 0.4) is 0 Å². The van der Waals surface area contributed by atoms with Crippen molar-refractivity contribution < 1.29 is 4.79 Å². The Labute approximate surface area is 85.4 Å². The van der Waals surface area contributed by atoms with Crippen molar-refractivity contribution in [2.75, 3.05) is 6.54 Å². The van der Waals surface area contributed by atoms with Crippen molar-refractivity contribution in [2.24, 2.45) is 23.5 Å². The van der Waals surface area contributed by atoms with Crippen LogP contribution in [0.4, 0.5) is 0 Å². The lowest BCUT2D eigenvalue weighted by atomic mass is 9.72. The second-order valence-corrected chi connectivity index (χ2v) is 4.78. The standard InChI is InChI=1S/C11H20N2O/c1-2-3-13-11(14)8-4-7-6-10(12)9(7)5-8/h7-10H,2-6,12H2,1H3,(H,13,14)/t7-,8?,9-,10+/m1/s1. The van der Waals surface area contributed by atoms with Gasteiger partial charge in [-0.3, -0.25) is 4.79 Å². The molecule has 2 saturated carbocycles. The fraction of sp³-hybridized carbons (Fsp3) is 0.909. The molecule has 0 bridgehead atoms. The molecular formula is C11H20N2O. The lowest BCUT2D eigenvalue weighted by molar-refractivity contribution is -0.124. The smallest absolute Gasteiger partial charge is 0.223 e. The van der Waals surface area contributed by atoms with E-state index in [1.165, 1.54) is 0 Å². The van der Waals surface area contributed by atoms with Crippen molar-refractivity contribution in [3.63, 3.8) is 0 Å². The Balaban J connectivity index is 1.80. The number of fused-ring (bicyclic) bond motifs is 1. The van der Waals surface area contributed by atoms with E-state index in [0.717, 1.165) is 38.1 Å². The number of hydrogen-bond donors (Lipinski definition) is 2. The van der Waals surface area contributed by atoms with Crippen LogP contribution in [0.15, 0.2) is 0 Å². The number of carbonyl (C=O) groups is 1. The molecule has 0 aromatic rings. The highest BCUT2D eigenvalue weighted by Crippen LogP contribution is 2.48. The molecule has 1 unspecified atom stereocenters. The maximum Gasteiger partial charge on any atom is 0.223 e. The number of hydrogen-bond acceptors (Lipinski definition) is 2. The molecule has 2 aliphatic rings. The van der Waals surface area contributed by atoms with E-state index >= 15 is 0 Å². The lowest BCUT2D eigenvalue weighted by Gasteiger charge is -2.37. The Bertz CT molecular complexity index is 229. The predicted octanol–water partition coefficient (Wildman–Crippen LogP) is 0.886. The third kappa shape index (κ3) is 1.65. The van der Waals surface area contributed by atoms with E-state index in [-0.39, 0.29) is 11.8 Å². The Hall–Kier alpha value is -0.570. The molecule has 0 saturated heterocycles. The van der Waals surface area contributed by atoms with Gasteiger partial charge in [-0.15, -0.1) is 0 Å². The number of nitrogens with two attached hydrogens (primary N) is 1. The molecule has 3 heteroatoms. The number of amides is 1. The maximum absolute atomic E-state index is 11.7. The van der Waals surface area contributed by atoms with E-state index in [1.54, 1.807) is 0 Å². The van der Waals surface area contributed by atoms with Gasteiger partial charge >= 0.3 is 0 Å². The van der Waals surface area contributed by atoms with Gasteiger partial charge in [0.15, 0.2) is 0 Å². The Kier molecular flexibility index (Phi) is 2.77. The van der Waals surface area contributed by atoms with Gasteiger partial charge in [-0.05, 0) is 37.5 Å². The van der Waals surface area contributed by atoms with Crippen LogP contribution in [-0.4, -0.2) is 18.5 Å². The van der Waals surface area contributed by atoms with Crippen LogP contribution in [0, 0.1) is 17.8 Å². The van der Waals surface area contributed by atoms with Crippen LogP contribution in [-0.2, 0) is 4.79 Å². The summed E-state index contributed by atoms with van der Waals surface area (Å²) in [5.74, 6) is 1.91. The summed E-state index contributed by atoms with van der Waals surface area (Å²) in [5.41, 5.74) is 5.89. The molecule has 2 fully saturated rings. The SMILES string of the molecule is CCCNC(=O)C1C[C@@H]2C[C@H](N)[C@@H]2C1. The molecule has 0 heterocycles. The Morgan fingerprint density at radius 1 is 1.43 bits per heavy atom. The molecule has 2 rings (SSSR count). The second kappa shape index (κ2) is 3.89. The minimum atomic E-state index is 0.255. The van der Waals surface area contributed by atoms with Crippen molar-refractivity contribution >= 4 is 5.91 Å². The van der Waals surface area contributed by atoms with Gasteiger partial charge in [0.1, 0.15) is 0 Å². The summed E-state index contributed by atoms with van der Waals surface area (Å²) in [5, 5.41) is 2.98. The molecule has 3 nitrogen and oxygen atoms in total. The minimum Gasteiger partial charge on any atom is -0.356 e. The summed E-state index contributed by atoms with van der Waals surface area (Å²) < 4.78 is 0. The van der Waals surface area contributed by atoms with Gasteiger partial charge in [0, 0.05) is 18.5 Å². The number of nitrogens with one attached hydrogen (secondary N) is 1. The van der Waals surface area contributed by atoms with Gasteiger partial charge in [-0.2, -0.15) is 0 Å². The summed E-state index contributed by atoms with van der Waals surface area (Å²) >= 11 is 0. The first kappa shape index (κ1) is 9.97. The zero-order valence-corrected chi connectivity index (χ0v) is 8.83. The largest absolute Gasteiger partial charge is 0.356 e. The molecule has 1 amide bonds. The van der Waals surface area contributed by atoms with Crippen molar-refractivity contribution in [1.82, 2.24) is 5.32 Å². The molecule has 0 radical (unpaired) electrons. The molecular weight excluding hydrogens is 176 g/mol. The molecule has 80 valence electrons. The fourth-order valence-corrected chi connectivity index (χ4v) is 2.89. The molecule has 3 N–H and O–H groups in total. The molecule has 14 heavy (non-hydrogen) atoms. The van der Waals surface area contributed by atoms with Gasteiger partial charge in [0.25, 0.3) is 0 Å². The van der Waals surface area contributed by atoms with Crippen LogP contribution in [0.5, 0.6) is 0 Å². The van der Waals surface area contributed by atoms with Crippen LogP contribution >= 0.6 is 0 Å². The average molecular weight is 196 g/mol. The lowest BCUT2D eigenvalue weighted by Crippen LogP contribution is -2.44. The fourth-order valence-electron chi connectivity index (χ4n) is 2.89. The highest BCUT2D eigenvalue weighted by molar-refractivity contribution is 5.79. The summed E-state index contributed by atoms with van der Waals surface area (Å²) in [6, 6.07) is 0.379. The third-order valence-electron chi connectivity index (χ3n) is 3.79. The first-order valence-corrected chi connectivity index (χ1v) is 5.75. The zero-order chi connectivity index (χ0) is 10.1. The van der Waals surface area contributed by atoms with Crippen molar-refractivity contribution in [2.45, 2.75) is 38.6 Å². The minimum absolute atomic E-state index is 0.255. The molecule has 2 aliphatic carbocycles. The maximum atomic E-state index is 11.7. The van der Waals surface area contributed by atoms with Gasteiger partial charge in [0.2, 0.25) is 5.91 Å². The van der Waals surface area contributed by atoms with Crippen LogP contribution < -0.4 is 11.1 Å². The number of rotatable bonds is 3. The second-order valence-electron chi connectivity index (χ2n) is 4.78. The molecule has 4 atom stereocenters. The topological polar surface area (TPSA) is 55.1 Å². The van der Waals surface area contributed by atoms with E-state index in [4.69, 9.17) is 5.73 Å². The Morgan fingerprint density at radius 2 is 2.21 bits per heavy atom. The molecule has 0 aliphatic heterocycles. The molecule has 0 aromatic heterocycles. The monoisotopic (exact) mass is 196 g/mol. The van der Waals surface area contributed by atoms with Gasteiger partial charge in [-0.25, -0.2) is 0 Å². The van der Waals surface area contributed by atoms with E-state index in [1.807, 2.05) is 0 Å². The highest BCUT2D eigenvalue weighted by atomic mass is 16.1. The summed E-state index contributed by atoms with van der Waals surface area (Å²) in [4.78, 5) is 11.7. The van der Waals surface area contributed by atoms with Crippen LogP contribution in [0.2, 0.25) is 0 Å². The Morgan fingerprint density at radius 3 is 2.79 bits per heavy atom. The first-order chi connectivity index (χ1) is 6.72. The van der Waals surface area contributed by atoms with Crippen molar-refractivity contribution in [1.29, 1.82) is 0 Å². The normalized spacial score (nSPS) is 40.1. The van der Waals surface area contributed by atoms with Crippen molar-refractivity contribution in [3.8, 4) is 0 Å². The van der Waals surface area contributed by atoms with E-state index < -0.39 is 0 Å². The summed E-state index contributed by atoms with van der Waals surface area (Å²) in [6.45, 7) is 2.89. The molecule has 0 aromatic carbocycles. The summed E-state index contributed by atoms with van der Waals surface area (Å²) in [6.07, 6.45) is 4.27. The van der Waals surface area contributed by atoms with E-state index in [0.29, 0.717) is 12.0 Å². The predicted molar refractivity (Wildman–Crippen MR) is 55.6 cm³/mol. The van der Waals surface area contributed by atoms with Crippen molar-refractivity contribution in [3.05, 3.63) is 0 Å². The van der Waals surface area contributed by atoms with Gasteiger partial charge in [0.05, 0.1) is 0 Å².